The fraction of sp³-hybridized carbons (Fsp3) is 0.714. The summed E-state index contributed by atoms with van der Waals surface area (Å²) in [7, 11) is -3.58. The summed E-state index contributed by atoms with van der Waals surface area (Å²) in [6, 6.07) is 4.97. The molecular weight excluding hydrogens is 457 g/mol. The maximum absolute atomic E-state index is 13.5. The largest absolute Gasteiger partial charge is 0.303 e. The zero-order valence-electron chi connectivity index (χ0n) is 17.0. The van der Waals surface area contributed by atoms with Gasteiger partial charge in [0.1, 0.15) is 5.82 Å². The van der Waals surface area contributed by atoms with Crippen LogP contribution in [0.25, 0.3) is 0 Å². The van der Waals surface area contributed by atoms with Gasteiger partial charge in [0.05, 0.1) is 0 Å². The van der Waals surface area contributed by atoms with Crippen LogP contribution in [0.5, 0.6) is 0 Å². The second-order valence-electron chi connectivity index (χ2n) is 8.75. The maximum Gasteiger partial charge on any atom is 0.274 e. The summed E-state index contributed by atoms with van der Waals surface area (Å²) in [4.78, 5) is 2.56. The van der Waals surface area contributed by atoms with Crippen molar-refractivity contribution < 1.29 is 12.8 Å². The topological polar surface area (TPSA) is 75.4 Å². The number of hydrogen-bond donors (Lipinski definition) is 2. The van der Waals surface area contributed by atoms with Gasteiger partial charge in [0.15, 0.2) is 0 Å². The average Bonchev–Trinajstić information content (AvgIpc) is 2.66. The third kappa shape index (κ3) is 7.90. The summed E-state index contributed by atoms with van der Waals surface area (Å²) in [5, 5.41) is 5.07. The van der Waals surface area contributed by atoms with Gasteiger partial charge in [-0.05, 0) is 113 Å². The second-order valence-corrected chi connectivity index (χ2v) is 10.9. The molecule has 5 nitrogen and oxygen atoms in total. The molecule has 1 aliphatic heterocycles. The third-order valence-electron chi connectivity index (χ3n) is 6.49. The van der Waals surface area contributed by atoms with Crippen molar-refractivity contribution in [1.82, 2.24) is 9.62 Å². The van der Waals surface area contributed by atoms with Crippen LogP contribution < -0.4 is 9.86 Å². The Kier molecular flexibility index (Phi) is 8.51. The van der Waals surface area contributed by atoms with Gasteiger partial charge in [-0.25, -0.2) is 9.53 Å². The molecule has 2 aliphatic rings. The van der Waals surface area contributed by atoms with Crippen molar-refractivity contribution in [2.45, 2.75) is 63.8 Å². The van der Waals surface area contributed by atoms with Gasteiger partial charge in [-0.1, -0.05) is 15.9 Å². The lowest BCUT2D eigenvalue weighted by Crippen LogP contribution is -2.41. The smallest absolute Gasteiger partial charge is 0.274 e. The minimum absolute atomic E-state index is 0.0124. The lowest BCUT2D eigenvalue weighted by atomic mass is 9.83. The number of nitrogens with one attached hydrogen (secondary N) is 1. The molecule has 0 atom stereocenters. The molecule has 0 aromatic heterocycles. The number of nitrogens with zero attached hydrogens (tertiary/aromatic N) is 1. The fourth-order valence-electron chi connectivity index (χ4n) is 4.83. The first kappa shape index (κ1) is 23.1. The van der Waals surface area contributed by atoms with E-state index in [4.69, 9.17) is 5.14 Å². The number of rotatable bonds is 8. The Balaban J connectivity index is 1.30. The van der Waals surface area contributed by atoms with E-state index in [9.17, 15) is 12.8 Å². The van der Waals surface area contributed by atoms with E-state index >= 15 is 0 Å². The highest BCUT2D eigenvalue weighted by atomic mass is 79.9. The van der Waals surface area contributed by atoms with E-state index in [0.717, 1.165) is 61.8 Å². The molecule has 3 rings (SSSR count). The van der Waals surface area contributed by atoms with Gasteiger partial charge >= 0.3 is 0 Å². The van der Waals surface area contributed by atoms with Crippen LogP contribution in [0.1, 0.15) is 56.9 Å². The predicted molar refractivity (Wildman–Crippen MR) is 118 cm³/mol. The Morgan fingerprint density at radius 2 is 1.79 bits per heavy atom. The molecule has 1 saturated carbocycles. The van der Waals surface area contributed by atoms with Gasteiger partial charge < -0.3 is 4.90 Å². The molecule has 0 bridgehead atoms. The SMILES string of the molecule is NS(=O)(=O)N[C@H]1CC[C@H](CCCN2CCC(Cc3cc(F)ccc3Br)CC2)CC1. The van der Waals surface area contributed by atoms with E-state index in [1.54, 1.807) is 12.1 Å². The molecule has 2 fully saturated rings. The number of halogens is 2. The molecule has 3 N–H and O–H groups in total. The highest BCUT2D eigenvalue weighted by Gasteiger charge is 2.24. The van der Waals surface area contributed by atoms with Crippen LogP contribution in [-0.2, 0) is 16.6 Å². The molecule has 0 amide bonds. The fourth-order valence-corrected chi connectivity index (χ4v) is 5.94. The Morgan fingerprint density at radius 3 is 2.45 bits per heavy atom. The van der Waals surface area contributed by atoms with E-state index in [-0.39, 0.29) is 11.9 Å². The summed E-state index contributed by atoms with van der Waals surface area (Å²) < 4.78 is 39.3. The Morgan fingerprint density at radius 1 is 1.10 bits per heavy atom. The molecule has 29 heavy (non-hydrogen) atoms. The van der Waals surface area contributed by atoms with E-state index in [2.05, 4.69) is 25.6 Å². The molecule has 0 spiro atoms. The third-order valence-corrected chi connectivity index (χ3v) is 7.92. The summed E-state index contributed by atoms with van der Waals surface area (Å²) in [6.45, 7) is 3.40. The van der Waals surface area contributed by atoms with E-state index in [1.165, 1.54) is 31.7 Å². The Bertz CT molecular complexity index is 761. The first-order valence-corrected chi connectivity index (χ1v) is 13.1. The minimum atomic E-state index is -3.58. The number of nitrogens with two attached hydrogens (primary N) is 1. The van der Waals surface area contributed by atoms with Crippen LogP contribution in [0.3, 0.4) is 0 Å². The first-order chi connectivity index (χ1) is 13.8. The Hall–Kier alpha value is -0.540. The summed E-state index contributed by atoms with van der Waals surface area (Å²) >= 11 is 3.54. The maximum atomic E-state index is 13.5. The normalized spacial score (nSPS) is 24.7. The van der Waals surface area contributed by atoms with E-state index in [1.807, 2.05) is 0 Å². The number of hydrogen-bond acceptors (Lipinski definition) is 3. The molecule has 1 aromatic rings. The van der Waals surface area contributed by atoms with Crippen molar-refractivity contribution in [1.29, 1.82) is 0 Å². The minimum Gasteiger partial charge on any atom is -0.303 e. The lowest BCUT2D eigenvalue weighted by molar-refractivity contribution is 0.175. The Labute approximate surface area is 182 Å². The van der Waals surface area contributed by atoms with Crippen LogP contribution in [-0.4, -0.2) is 39.0 Å². The van der Waals surface area contributed by atoms with Gasteiger partial charge in [-0.3, -0.25) is 0 Å². The number of likely N-dealkylation sites (tertiary alicyclic amines) is 1. The van der Waals surface area contributed by atoms with Crippen LogP contribution in [0.2, 0.25) is 0 Å². The monoisotopic (exact) mass is 489 g/mol. The van der Waals surface area contributed by atoms with Gasteiger partial charge in [-0.15, -0.1) is 0 Å². The molecule has 0 unspecified atom stereocenters. The molecule has 0 radical (unpaired) electrons. The molecular formula is C21H33BrFN3O2S. The van der Waals surface area contributed by atoms with Crippen molar-refractivity contribution in [3.63, 3.8) is 0 Å². The zero-order valence-corrected chi connectivity index (χ0v) is 19.4. The van der Waals surface area contributed by atoms with Gasteiger partial charge in [0, 0.05) is 10.5 Å². The molecule has 164 valence electrons. The molecule has 1 aromatic carbocycles. The number of benzene rings is 1. The van der Waals surface area contributed by atoms with Crippen molar-refractivity contribution in [3.05, 3.63) is 34.1 Å². The van der Waals surface area contributed by atoms with Gasteiger partial charge in [0.25, 0.3) is 10.2 Å². The summed E-state index contributed by atoms with van der Waals surface area (Å²) in [5.74, 6) is 1.18. The molecule has 1 aliphatic carbocycles. The average molecular weight is 490 g/mol. The van der Waals surface area contributed by atoms with Crippen molar-refractivity contribution in [2.24, 2.45) is 17.0 Å². The molecule has 8 heteroatoms. The molecule has 1 heterocycles. The van der Waals surface area contributed by atoms with E-state index in [0.29, 0.717) is 11.8 Å². The van der Waals surface area contributed by atoms with Crippen LogP contribution in [0, 0.1) is 17.7 Å². The van der Waals surface area contributed by atoms with Gasteiger partial charge in [0.2, 0.25) is 0 Å². The zero-order chi connectivity index (χ0) is 20.9. The second kappa shape index (κ2) is 10.7. The summed E-state index contributed by atoms with van der Waals surface area (Å²) in [6.07, 6.45) is 9.67. The first-order valence-electron chi connectivity index (χ1n) is 10.7. The van der Waals surface area contributed by atoms with Crippen molar-refractivity contribution in [3.8, 4) is 0 Å². The van der Waals surface area contributed by atoms with Gasteiger partial charge in [-0.2, -0.15) is 13.1 Å². The predicted octanol–water partition coefficient (Wildman–Crippen LogP) is 3.97. The molecule has 1 saturated heterocycles. The van der Waals surface area contributed by atoms with Crippen LogP contribution in [0.4, 0.5) is 4.39 Å². The standard InChI is InChI=1S/C21H33BrFN3O2S/c22-21-8-5-19(23)15-18(21)14-17-9-12-26(13-10-17)11-1-2-16-3-6-20(7-4-16)25-29(24,27)28/h5,8,15-17,20,25H,1-4,6-7,9-14H2,(H2,24,27,28)/t16-,20-. The highest BCUT2D eigenvalue weighted by molar-refractivity contribution is 9.10. The summed E-state index contributed by atoms with van der Waals surface area (Å²) in [5.41, 5.74) is 1.08. The van der Waals surface area contributed by atoms with Crippen LogP contribution >= 0.6 is 15.9 Å². The quantitative estimate of drug-likeness (QED) is 0.579. The van der Waals surface area contributed by atoms with Crippen molar-refractivity contribution >= 4 is 26.1 Å². The lowest BCUT2D eigenvalue weighted by Gasteiger charge is -2.33. The highest BCUT2D eigenvalue weighted by Crippen LogP contribution is 2.29. The van der Waals surface area contributed by atoms with E-state index < -0.39 is 10.2 Å². The van der Waals surface area contributed by atoms with Crippen LogP contribution in [0.15, 0.2) is 22.7 Å². The number of piperidine rings is 1. The van der Waals surface area contributed by atoms with Crippen molar-refractivity contribution in [2.75, 3.05) is 19.6 Å².